The van der Waals surface area contributed by atoms with Crippen molar-refractivity contribution < 1.29 is 0 Å². The maximum atomic E-state index is 9.88. The lowest BCUT2D eigenvalue weighted by Gasteiger charge is -2.10. The molecule has 4 heteroatoms. The lowest BCUT2D eigenvalue weighted by molar-refractivity contribution is 1.18. The van der Waals surface area contributed by atoms with Crippen molar-refractivity contribution in [3.05, 3.63) is 212 Å². The van der Waals surface area contributed by atoms with Gasteiger partial charge in [0.1, 0.15) is 0 Å². The summed E-state index contributed by atoms with van der Waals surface area (Å²) in [4.78, 5) is 0. The summed E-state index contributed by atoms with van der Waals surface area (Å²) in [7, 11) is 0. The number of para-hydroxylation sites is 4. The van der Waals surface area contributed by atoms with E-state index in [1.807, 2.05) is 18.2 Å². The first-order valence-electron chi connectivity index (χ1n) is 20.0. The van der Waals surface area contributed by atoms with E-state index in [1.165, 1.54) is 43.6 Å². The molecule has 0 amide bonds. The van der Waals surface area contributed by atoms with Gasteiger partial charge in [0.05, 0.1) is 44.7 Å². The van der Waals surface area contributed by atoms with Gasteiger partial charge in [-0.25, -0.2) is 0 Å². The molecule has 0 radical (unpaired) electrons. The van der Waals surface area contributed by atoms with E-state index in [2.05, 4.69) is 208 Å². The largest absolute Gasteiger partial charge is 0.309 e. The van der Waals surface area contributed by atoms with Gasteiger partial charge in [-0.05, 0) is 113 Å². The molecule has 59 heavy (non-hydrogen) atoms. The number of aromatic nitrogens is 3. The standard InChI is InChI=1S/C55H34N4/c56-35-36-12-11-17-43(30-36)59-52-28-24-37(39-22-26-46-44-18-7-9-20-50(44)57(54(46)33-39)41-13-3-1-4-14-41)31-48(52)49-32-38(25-29-53(49)59)40-23-27-47-45-19-8-10-21-51(45)58(55(47)34-40)42-15-5-2-6-16-42/h1-34H. The molecule has 3 aromatic heterocycles. The van der Waals surface area contributed by atoms with Crippen LogP contribution >= 0.6 is 0 Å². The van der Waals surface area contributed by atoms with Crippen molar-refractivity contribution in [3.8, 4) is 45.4 Å². The molecule has 274 valence electrons. The number of hydrogen-bond donors (Lipinski definition) is 0. The van der Waals surface area contributed by atoms with Crippen LogP contribution in [0.2, 0.25) is 0 Å². The summed E-state index contributed by atoms with van der Waals surface area (Å²) < 4.78 is 7.05. The molecule has 0 saturated heterocycles. The Bertz CT molecular complexity index is 3460. The van der Waals surface area contributed by atoms with Gasteiger partial charge in [-0.2, -0.15) is 5.26 Å². The number of benzene rings is 9. The van der Waals surface area contributed by atoms with Crippen LogP contribution in [0.3, 0.4) is 0 Å². The number of nitrogens with zero attached hydrogens (tertiary/aromatic N) is 4. The van der Waals surface area contributed by atoms with Crippen molar-refractivity contribution in [2.75, 3.05) is 0 Å². The maximum absolute atomic E-state index is 9.88. The third-order valence-corrected chi connectivity index (χ3v) is 12.0. The SMILES string of the molecule is N#Cc1cccc(-n2c3ccc(-c4ccc5c6ccccc6n(-c6ccccc6)c5c4)cc3c3cc(-c4ccc5c6ccccc6n(-c6ccccc6)c5c4)ccc32)c1. The topological polar surface area (TPSA) is 38.6 Å². The van der Waals surface area contributed by atoms with Crippen molar-refractivity contribution in [3.63, 3.8) is 0 Å². The molecule has 0 aliphatic heterocycles. The van der Waals surface area contributed by atoms with Gasteiger partial charge in [0.2, 0.25) is 0 Å². The van der Waals surface area contributed by atoms with E-state index in [0.29, 0.717) is 5.56 Å². The minimum atomic E-state index is 0.634. The van der Waals surface area contributed by atoms with Gasteiger partial charge in [-0.1, -0.05) is 115 Å². The van der Waals surface area contributed by atoms with Gasteiger partial charge in [0.25, 0.3) is 0 Å². The molecule has 0 fully saturated rings. The summed E-state index contributed by atoms with van der Waals surface area (Å²) in [6.45, 7) is 0. The highest BCUT2D eigenvalue weighted by molar-refractivity contribution is 6.14. The molecule has 0 unspecified atom stereocenters. The molecule has 0 bridgehead atoms. The average Bonchev–Trinajstić information content (AvgIpc) is 3.94. The molecular formula is C55H34N4. The Balaban J connectivity index is 1.08. The zero-order chi connectivity index (χ0) is 39.0. The number of rotatable bonds is 5. The maximum Gasteiger partial charge on any atom is 0.0992 e. The number of hydrogen-bond acceptors (Lipinski definition) is 1. The molecule has 0 aliphatic rings. The summed E-state index contributed by atoms with van der Waals surface area (Å²) in [5.41, 5.74) is 15.4. The lowest BCUT2D eigenvalue weighted by atomic mass is 9.99. The second kappa shape index (κ2) is 13.0. The van der Waals surface area contributed by atoms with Crippen molar-refractivity contribution in [2.24, 2.45) is 0 Å². The predicted octanol–water partition coefficient (Wildman–Crippen LogP) is 14.2. The van der Waals surface area contributed by atoms with Crippen LogP contribution in [0.5, 0.6) is 0 Å². The molecule has 12 rings (SSSR count). The Morgan fingerprint density at radius 2 is 0.661 bits per heavy atom. The van der Waals surface area contributed by atoms with Crippen LogP contribution in [-0.2, 0) is 0 Å². The first-order chi connectivity index (χ1) is 29.2. The van der Waals surface area contributed by atoms with Crippen molar-refractivity contribution >= 4 is 65.4 Å². The Labute approximate surface area is 340 Å². The minimum absolute atomic E-state index is 0.634. The smallest absolute Gasteiger partial charge is 0.0992 e. The van der Waals surface area contributed by atoms with Crippen LogP contribution in [0, 0.1) is 11.3 Å². The molecule has 3 heterocycles. The minimum Gasteiger partial charge on any atom is -0.309 e. The molecule has 9 aromatic carbocycles. The lowest BCUT2D eigenvalue weighted by Crippen LogP contribution is -1.94. The Morgan fingerprint density at radius 3 is 1.17 bits per heavy atom. The van der Waals surface area contributed by atoms with E-state index in [-0.39, 0.29) is 0 Å². The molecular weight excluding hydrogens is 717 g/mol. The summed E-state index contributed by atoms with van der Waals surface area (Å²) in [5, 5.41) is 17.1. The first kappa shape index (κ1) is 33.1. The van der Waals surface area contributed by atoms with Gasteiger partial charge in [0, 0.05) is 49.4 Å². The second-order valence-electron chi connectivity index (χ2n) is 15.3. The van der Waals surface area contributed by atoms with Crippen LogP contribution in [0.15, 0.2) is 206 Å². The van der Waals surface area contributed by atoms with Crippen molar-refractivity contribution in [2.45, 2.75) is 0 Å². The Morgan fingerprint density at radius 1 is 0.271 bits per heavy atom. The van der Waals surface area contributed by atoms with E-state index in [9.17, 15) is 5.26 Å². The monoisotopic (exact) mass is 750 g/mol. The quantitative estimate of drug-likeness (QED) is 0.173. The van der Waals surface area contributed by atoms with Gasteiger partial charge in [0.15, 0.2) is 0 Å². The van der Waals surface area contributed by atoms with Crippen LogP contribution in [0.4, 0.5) is 0 Å². The van der Waals surface area contributed by atoms with E-state index in [1.54, 1.807) is 0 Å². The van der Waals surface area contributed by atoms with Crippen LogP contribution in [0.25, 0.3) is 105 Å². The van der Waals surface area contributed by atoms with E-state index >= 15 is 0 Å². The van der Waals surface area contributed by atoms with Crippen LogP contribution in [0.1, 0.15) is 5.56 Å². The van der Waals surface area contributed by atoms with Crippen molar-refractivity contribution in [1.82, 2.24) is 13.7 Å². The fraction of sp³-hybridized carbons (Fsp3) is 0. The molecule has 0 aliphatic carbocycles. The Kier molecular flexibility index (Phi) is 7.26. The fourth-order valence-corrected chi connectivity index (χ4v) is 9.39. The second-order valence-corrected chi connectivity index (χ2v) is 15.3. The first-order valence-corrected chi connectivity index (χ1v) is 20.0. The highest BCUT2D eigenvalue weighted by atomic mass is 15.0. The van der Waals surface area contributed by atoms with Crippen molar-refractivity contribution in [1.29, 1.82) is 5.26 Å². The predicted molar refractivity (Wildman–Crippen MR) is 245 cm³/mol. The zero-order valence-corrected chi connectivity index (χ0v) is 31.9. The summed E-state index contributed by atoms with van der Waals surface area (Å²) in [6.07, 6.45) is 0. The van der Waals surface area contributed by atoms with Crippen LogP contribution < -0.4 is 0 Å². The third-order valence-electron chi connectivity index (χ3n) is 12.0. The van der Waals surface area contributed by atoms with E-state index < -0.39 is 0 Å². The summed E-state index contributed by atoms with van der Waals surface area (Å²) >= 11 is 0. The average molecular weight is 751 g/mol. The van der Waals surface area contributed by atoms with Gasteiger partial charge >= 0.3 is 0 Å². The summed E-state index contributed by atoms with van der Waals surface area (Å²) in [6, 6.07) is 76.2. The number of fused-ring (bicyclic) bond motifs is 9. The van der Waals surface area contributed by atoms with E-state index in [4.69, 9.17) is 0 Å². The molecule has 4 nitrogen and oxygen atoms in total. The van der Waals surface area contributed by atoms with E-state index in [0.717, 1.165) is 61.1 Å². The van der Waals surface area contributed by atoms with Gasteiger partial charge in [-0.3, -0.25) is 0 Å². The summed E-state index contributed by atoms with van der Waals surface area (Å²) in [5.74, 6) is 0. The molecule has 0 atom stereocenters. The highest BCUT2D eigenvalue weighted by Crippen LogP contribution is 2.41. The fourth-order valence-electron chi connectivity index (χ4n) is 9.39. The normalized spacial score (nSPS) is 11.7. The molecule has 0 saturated carbocycles. The highest BCUT2D eigenvalue weighted by Gasteiger charge is 2.18. The zero-order valence-electron chi connectivity index (χ0n) is 31.9. The van der Waals surface area contributed by atoms with Gasteiger partial charge in [-0.15, -0.1) is 0 Å². The Hall–Kier alpha value is -8.13. The number of nitriles is 1. The van der Waals surface area contributed by atoms with Gasteiger partial charge < -0.3 is 13.7 Å². The molecule has 12 aromatic rings. The third kappa shape index (κ3) is 5.09. The molecule has 0 spiro atoms. The molecule has 0 N–H and O–H groups in total. The van der Waals surface area contributed by atoms with Crippen LogP contribution in [-0.4, -0.2) is 13.7 Å².